The van der Waals surface area contributed by atoms with Crippen LogP contribution in [-0.4, -0.2) is 6.04 Å². The summed E-state index contributed by atoms with van der Waals surface area (Å²) >= 11 is 11.5. The van der Waals surface area contributed by atoms with Crippen molar-refractivity contribution in [2.75, 3.05) is 4.90 Å². The van der Waals surface area contributed by atoms with Gasteiger partial charge in [0.1, 0.15) is 0 Å². The van der Waals surface area contributed by atoms with Crippen molar-refractivity contribution in [2.24, 2.45) is 0 Å². The van der Waals surface area contributed by atoms with Gasteiger partial charge in [-0.25, -0.2) is 0 Å². The van der Waals surface area contributed by atoms with Crippen molar-refractivity contribution in [2.45, 2.75) is 30.8 Å². The molecule has 2 aromatic rings. The molecular formula is C15H15BrClNS. The van der Waals surface area contributed by atoms with Crippen LogP contribution in [0.4, 0.5) is 5.69 Å². The Hall–Kier alpha value is -0.510. The summed E-state index contributed by atoms with van der Waals surface area (Å²) in [5, 5.41) is 6.02. The van der Waals surface area contributed by atoms with Crippen molar-refractivity contribution >= 4 is 44.6 Å². The van der Waals surface area contributed by atoms with Crippen LogP contribution < -0.4 is 4.90 Å². The van der Waals surface area contributed by atoms with Crippen molar-refractivity contribution in [3.8, 4) is 0 Å². The lowest BCUT2D eigenvalue weighted by Crippen LogP contribution is -2.24. The average Bonchev–Trinajstić information content (AvgIpc) is 3.13. The molecule has 1 fully saturated rings. The molecule has 1 aromatic heterocycles. The van der Waals surface area contributed by atoms with Gasteiger partial charge in [-0.05, 0) is 52.9 Å². The zero-order valence-electron chi connectivity index (χ0n) is 10.5. The molecule has 100 valence electrons. The Morgan fingerprint density at radius 1 is 1.32 bits per heavy atom. The van der Waals surface area contributed by atoms with Crippen molar-refractivity contribution < 1.29 is 0 Å². The molecule has 0 radical (unpaired) electrons. The monoisotopic (exact) mass is 355 g/mol. The number of anilines is 1. The van der Waals surface area contributed by atoms with Gasteiger partial charge in [-0.2, -0.15) is 11.3 Å². The third-order valence-corrected chi connectivity index (χ3v) is 5.12. The van der Waals surface area contributed by atoms with Gasteiger partial charge in [-0.1, -0.05) is 33.6 Å². The first kappa shape index (κ1) is 13.5. The quantitative estimate of drug-likeness (QED) is 0.642. The Morgan fingerprint density at radius 2 is 2.16 bits per heavy atom. The summed E-state index contributed by atoms with van der Waals surface area (Å²) in [5.41, 5.74) is 3.78. The highest BCUT2D eigenvalue weighted by Gasteiger charge is 2.29. The summed E-state index contributed by atoms with van der Waals surface area (Å²) in [4.78, 5) is 2.48. The fraction of sp³-hybridized carbons (Fsp3) is 0.333. The van der Waals surface area contributed by atoms with E-state index >= 15 is 0 Å². The summed E-state index contributed by atoms with van der Waals surface area (Å²) in [7, 11) is 0. The molecule has 0 unspecified atom stereocenters. The van der Waals surface area contributed by atoms with E-state index in [0.29, 0.717) is 6.04 Å². The molecule has 1 aliphatic carbocycles. The highest BCUT2D eigenvalue weighted by Crippen LogP contribution is 2.35. The van der Waals surface area contributed by atoms with Crippen LogP contribution in [0.2, 0.25) is 5.02 Å². The van der Waals surface area contributed by atoms with Crippen LogP contribution in [0.1, 0.15) is 24.0 Å². The lowest BCUT2D eigenvalue weighted by molar-refractivity contribution is 0.796. The van der Waals surface area contributed by atoms with Gasteiger partial charge < -0.3 is 4.90 Å². The normalized spacial score (nSPS) is 14.6. The van der Waals surface area contributed by atoms with Gasteiger partial charge in [0.25, 0.3) is 0 Å². The van der Waals surface area contributed by atoms with E-state index in [4.69, 9.17) is 11.6 Å². The topological polar surface area (TPSA) is 3.24 Å². The fourth-order valence-corrected chi connectivity index (χ4v) is 3.77. The molecule has 3 rings (SSSR count). The van der Waals surface area contributed by atoms with Crippen LogP contribution in [-0.2, 0) is 11.9 Å². The van der Waals surface area contributed by atoms with Gasteiger partial charge >= 0.3 is 0 Å². The summed E-state index contributed by atoms with van der Waals surface area (Å²) in [6.45, 7) is 0.984. The summed E-state index contributed by atoms with van der Waals surface area (Å²) < 4.78 is 0. The van der Waals surface area contributed by atoms with E-state index in [1.165, 1.54) is 24.1 Å². The first-order valence-corrected chi connectivity index (χ1v) is 8.84. The van der Waals surface area contributed by atoms with E-state index in [1.54, 1.807) is 11.3 Å². The highest BCUT2D eigenvalue weighted by atomic mass is 79.9. The first-order valence-electron chi connectivity index (χ1n) is 6.40. The second-order valence-electron chi connectivity index (χ2n) is 4.90. The predicted octanol–water partition coefficient (Wildman–Crippen LogP) is 5.47. The van der Waals surface area contributed by atoms with Gasteiger partial charge in [0, 0.05) is 28.6 Å². The van der Waals surface area contributed by atoms with Crippen molar-refractivity contribution in [3.63, 3.8) is 0 Å². The van der Waals surface area contributed by atoms with Crippen molar-refractivity contribution in [1.29, 1.82) is 0 Å². The number of hydrogen-bond acceptors (Lipinski definition) is 2. The maximum absolute atomic E-state index is 6.33. The Labute approximate surface area is 131 Å². The number of halogens is 2. The highest BCUT2D eigenvalue weighted by molar-refractivity contribution is 9.08. The number of nitrogens with zero attached hydrogens (tertiary/aromatic N) is 1. The van der Waals surface area contributed by atoms with Crippen molar-refractivity contribution in [1.82, 2.24) is 0 Å². The zero-order chi connectivity index (χ0) is 13.2. The number of rotatable bonds is 5. The molecule has 0 saturated heterocycles. The van der Waals surface area contributed by atoms with Gasteiger partial charge in [0.15, 0.2) is 0 Å². The SMILES string of the molecule is Clc1cc(N(Cc2ccsc2)C2CC2)ccc1CBr. The maximum atomic E-state index is 6.33. The van der Waals surface area contributed by atoms with Crippen LogP contribution in [0.3, 0.4) is 0 Å². The molecule has 1 aliphatic rings. The first-order chi connectivity index (χ1) is 9.28. The second-order valence-corrected chi connectivity index (χ2v) is 6.65. The zero-order valence-corrected chi connectivity index (χ0v) is 13.6. The minimum atomic E-state index is 0.686. The third-order valence-electron chi connectivity index (χ3n) is 3.43. The Kier molecular flexibility index (Phi) is 4.15. The lowest BCUT2D eigenvalue weighted by atomic mass is 10.2. The predicted molar refractivity (Wildman–Crippen MR) is 87.6 cm³/mol. The van der Waals surface area contributed by atoms with Gasteiger partial charge in [-0.3, -0.25) is 0 Å². The lowest BCUT2D eigenvalue weighted by Gasteiger charge is -2.25. The molecule has 0 atom stereocenters. The minimum absolute atomic E-state index is 0.686. The van der Waals surface area contributed by atoms with E-state index in [1.807, 2.05) is 0 Å². The summed E-state index contributed by atoms with van der Waals surface area (Å²) in [5.74, 6) is 0. The smallest absolute Gasteiger partial charge is 0.0467 e. The Morgan fingerprint density at radius 3 is 2.74 bits per heavy atom. The Balaban J connectivity index is 1.85. The summed E-state index contributed by atoms with van der Waals surface area (Å²) in [6, 6.07) is 9.30. The van der Waals surface area contributed by atoms with E-state index in [2.05, 4.69) is 55.9 Å². The number of hydrogen-bond donors (Lipinski definition) is 0. The van der Waals surface area contributed by atoms with E-state index in [9.17, 15) is 0 Å². The van der Waals surface area contributed by atoms with Crippen LogP contribution in [0.25, 0.3) is 0 Å². The van der Waals surface area contributed by atoms with E-state index < -0.39 is 0 Å². The fourth-order valence-electron chi connectivity index (χ4n) is 2.22. The summed E-state index contributed by atoms with van der Waals surface area (Å²) in [6.07, 6.45) is 2.59. The second kappa shape index (κ2) is 5.86. The minimum Gasteiger partial charge on any atom is -0.364 e. The van der Waals surface area contributed by atoms with E-state index in [0.717, 1.165) is 22.5 Å². The number of alkyl halides is 1. The largest absolute Gasteiger partial charge is 0.364 e. The Bertz CT molecular complexity index is 551. The van der Waals surface area contributed by atoms with Gasteiger partial charge in [-0.15, -0.1) is 0 Å². The van der Waals surface area contributed by atoms with Gasteiger partial charge in [0.2, 0.25) is 0 Å². The molecule has 1 nitrogen and oxygen atoms in total. The standard InChI is InChI=1S/C15H15BrClNS/c16-8-12-1-2-14(7-15(12)17)18(13-3-4-13)9-11-5-6-19-10-11/h1-2,5-7,10,13H,3-4,8-9H2. The third kappa shape index (κ3) is 3.15. The van der Waals surface area contributed by atoms with Crippen LogP contribution in [0, 0.1) is 0 Å². The molecule has 0 amide bonds. The molecule has 1 heterocycles. The molecule has 0 N–H and O–H groups in total. The van der Waals surface area contributed by atoms with Gasteiger partial charge in [0.05, 0.1) is 0 Å². The molecule has 19 heavy (non-hydrogen) atoms. The maximum Gasteiger partial charge on any atom is 0.0467 e. The number of benzene rings is 1. The molecule has 0 spiro atoms. The van der Waals surface area contributed by atoms with Crippen molar-refractivity contribution in [3.05, 3.63) is 51.2 Å². The van der Waals surface area contributed by atoms with E-state index in [-0.39, 0.29) is 0 Å². The van der Waals surface area contributed by atoms with Crippen LogP contribution in [0.15, 0.2) is 35.0 Å². The number of thiophene rings is 1. The molecule has 0 bridgehead atoms. The molecular weight excluding hydrogens is 342 g/mol. The molecule has 1 saturated carbocycles. The average molecular weight is 357 g/mol. The molecule has 0 aliphatic heterocycles. The van der Waals surface area contributed by atoms with Crippen LogP contribution in [0.5, 0.6) is 0 Å². The molecule has 1 aromatic carbocycles. The van der Waals surface area contributed by atoms with Crippen LogP contribution >= 0.6 is 38.9 Å². The molecule has 4 heteroatoms.